The van der Waals surface area contributed by atoms with Crippen molar-refractivity contribution in [3.63, 3.8) is 0 Å². The second-order valence-electron chi connectivity index (χ2n) is 7.54. The minimum atomic E-state index is -0.592. The highest BCUT2D eigenvalue weighted by molar-refractivity contribution is 6.35. The summed E-state index contributed by atoms with van der Waals surface area (Å²) in [5.41, 5.74) is 0.989. The molecular weight excluding hydrogens is 356 g/mol. The third-order valence-electron chi connectivity index (χ3n) is 5.37. The van der Waals surface area contributed by atoms with Crippen LogP contribution in [0, 0.1) is 0 Å². The van der Waals surface area contributed by atoms with Crippen molar-refractivity contribution in [2.45, 2.75) is 32.2 Å². The minimum Gasteiger partial charge on any atom is -0.355 e. The molecule has 0 unspecified atom stereocenters. The smallest absolute Gasteiger partial charge is 0.312 e. The number of rotatable bonds is 8. The van der Waals surface area contributed by atoms with Crippen LogP contribution in [-0.4, -0.2) is 78.2 Å². The molecule has 0 atom stereocenters. The Morgan fingerprint density at radius 2 is 1.57 bits per heavy atom. The molecule has 2 saturated heterocycles. The van der Waals surface area contributed by atoms with Gasteiger partial charge in [0.15, 0.2) is 0 Å². The molecule has 1 aromatic rings. The van der Waals surface area contributed by atoms with Crippen molar-refractivity contribution in [3.05, 3.63) is 35.9 Å². The summed E-state index contributed by atoms with van der Waals surface area (Å²) in [6, 6.07) is 9.60. The fourth-order valence-electron chi connectivity index (χ4n) is 3.76. The van der Waals surface area contributed by atoms with Gasteiger partial charge in [-0.25, -0.2) is 0 Å². The lowest BCUT2D eigenvalue weighted by Crippen LogP contribution is -2.56. The van der Waals surface area contributed by atoms with E-state index in [1.807, 2.05) is 30.3 Å². The van der Waals surface area contributed by atoms with Gasteiger partial charge in [-0.2, -0.15) is 0 Å². The van der Waals surface area contributed by atoms with Gasteiger partial charge in [0, 0.05) is 26.2 Å². The second-order valence-corrected chi connectivity index (χ2v) is 7.54. The summed E-state index contributed by atoms with van der Waals surface area (Å²) in [6.07, 6.45) is 4.75. The number of nitrogens with zero attached hydrogens (tertiary/aromatic N) is 3. The van der Waals surface area contributed by atoms with E-state index in [2.05, 4.69) is 10.2 Å². The summed E-state index contributed by atoms with van der Waals surface area (Å²) in [6.45, 7) is 5.10. The van der Waals surface area contributed by atoms with Crippen LogP contribution >= 0.6 is 0 Å². The molecule has 7 nitrogen and oxygen atoms in total. The molecule has 1 aromatic carbocycles. The highest BCUT2D eigenvalue weighted by Gasteiger charge is 2.33. The maximum atomic E-state index is 12.4. The average Bonchev–Trinajstić information content (AvgIpc) is 2.72. The van der Waals surface area contributed by atoms with Crippen molar-refractivity contribution >= 4 is 17.7 Å². The molecule has 1 N–H and O–H groups in total. The molecule has 3 amide bonds. The van der Waals surface area contributed by atoms with Gasteiger partial charge in [-0.1, -0.05) is 36.8 Å². The van der Waals surface area contributed by atoms with Crippen LogP contribution in [0.2, 0.25) is 0 Å². The number of carbonyl (C=O) groups is 3. The van der Waals surface area contributed by atoms with Gasteiger partial charge in [-0.3, -0.25) is 14.4 Å². The number of amides is 3. The lowest BCUT2D eigenvalue weighted by molar-refractivity contribution is -0.157. The molecule has 2 heterocycles. The van der Waals surface area contributed by atoms with E-state index in [1.54, 1.807) is 4.90 Å². The lowest BCUT2D eigenvalue weighted by atomic mass is 10.1. The standard InChI is InChI=1S/C21H30N4O3/c26-19(22-10-7-13-23-11-5-2-6-12-23)17-25-15-14-24(20(27)21(25)28)16-18-8-3-1-4-9-18/h1,3-4,8-9H,2,5-7,10-17H2,(H,22,26). The van der Waals surface area contributed by atoms with E-state index in [9.17, 15) is 14.4 Å². The van der Waals surface area contributed by atoms with Gasteiger partial charge in [0.05, 0.1) is 0 Å². The third kappa shape index (κ3) is 5.79. The summed E-state index contributed by atoms with van der Waals surface area (Å²) in [7, 11) is 0. The van der Waals surface area contributed by atoms with E-state index in [4.69, 9.17) is 0 Å². The Bertz CT molecular complexity index is 673. The Morgan fingerprint density at radius 1 is 0.893 bits per heavy atom. The SMILES string of the molecule is O=C(CN1CCN(Cc2ccccc2)C(=O)C1=O)NCCCN1CCCCC1. The van der Waals surface area contributed by atoms with E-state index in [-0.39, 0.29) is 12.5 Å². The van der Waals surface area contributed by atoms with Crippen LogP contribution in [-0.2, 0) is 20.9 Å². The zero-order valence-corrected chi connectivity index (χ0v) is 16.4. The third-order valence-corrected chi connectivity index (χ3v) is 5.37. The van der Waals surface area contributed by atoms with Crippen LogP contribution < -0.4 is 5.32 Å². The normalized spacial score (nSPS) is 18.4. The van der Waals surface area contributed by atoms with Crippen LogP contribution in [0.25, 0.3) is 0 Å². The molecule has 2 aliphatic heterocycles. The van der Waals surface area contributed by atoms with Gasteiger partial charge in [0.25, 0.3) is 0 Å². The Morgan fingerprint density at radius 3 is 2.32 bits per heavy atom. The number of benzene rings is 1. The molecule has 0 spiro atoms. The van der Waals surface area contributed by atoms with E-state index in [0.29, 0.717) is 26.2 Å². The van der Waals surface area contributed by atoms with E-state index >= 15 is 0 Å². The molecule has 152 valence electrons. The van der Waals surface area contributed by atoms with Crippen LogP contribution in [0.5, 0.6) is 0 Å². The maximum absolute atomic E-state index is 12.4. The zero-order valence-electron chi connectivity index (χ0n) is 16.4. The minimum absolute atomic E-state index is 0.0482. The predicted molar refractivity (Wildman–Crippen MR) is 106 cm³/mol. The first-order valence-corrected chi connectivity index (χ1v) is 10.2. The maximum Gasteiger partial charge on any atom is 0.312 e. The highest BCUT2D eigenvalue weighted by Crippen LogP contribution is 2.11. The molecule has 3 rings (SSSR count). The predicted octanol–water partition coefficient (Wildman–Crippen LogP) is 0.850. The Hall–Kier alpha value is -2.41. The van der Waals surface area contributed by atoms with Crippen LogP contribution in [0.4, 0.5) is 0 Å². The van der Waals surface area contributed by atoms with Gasteiger partial charge < -0.3 is 20.0 Å². The largest absolute Gasteiger partial charge is 0.355 e. The van der Waals surface area contributed by atoms with Gasteiger partial charge in [0.1, 0.15) is 6.54 Å². The molecule has 0 bridgehead atoms. The monoisotopic (exact) mass is 386 g/mol. The van der Waals surface area contributed by atoms with Crippen molar-refractivity contribution in [2.24, 2.45) is 0 Å². The van der Waals surface area contributed by atoms with Crippen molar-refractivity contribution in [1.29, 1.82) is 0 Å². The molecule has 7 heteroatoms. The first-order valence-electron chi connectivity index (χ1n) is 10.2. The van der Waals surface area contributed by atoms with Crippen molar-refractivity contribution < 1.29 is 14.4 Å². The molecule has 2 fully saturated rings. The van der Waals surface area contributed by atoms with Gasteiger partial charge >= 0.3 is 11.8 Å². The van der Waals surface area contributed by atoms with Gasteiger partial charge in [-0.15, -0.1) is 0 Å². The second kappa shape index (κ2) is 10.2. The summed E-state index contributed by atoms with van der Waals surface area (Å²) >= 11 is 0. The van der Waals surface area contributed by atoms with Gasteiger partial charge in [-0.05, 0) is 44.5 Å². The number of hydrogen-bond acceptors (Lipinski definition) is 4. The van der Waals surface area contributed by atoms with Crippen LogP contribution in [0.15, 0.2) is 30.3 Å². The quantitative estimate of drug-likeness (QED) is 0.531. The number of piperazine rings is 1. The average molecular weight is 386 g/mol. The summed E-state index contributed by atoms with van der Waals surface area (Å²) in [5, 5.41) is 2.87. The summed E-state index contributed by atoms with van der Waals surface area (Å²) in [5.74, 6) is -1.32. The van der Waals surface area contributed by atoms with Crippen molar-refractivity contribution in [3.8, 4) is 0 Å². The van der Waals surface area contributed by atoms with Crippen molar-refractivity contribution in [2.75, 3.05) is 45.8 Å². The molecular formula is C21H30N4O3. The number of carbonyl (C=O) groups excluding carboxylic acids is 3. The van der Waals surface area contributed by atoms with Gasteiger partial charge in [0.2, 0.25) is 5.91 Å². The number of likely N-dealkylation sites (tertiary alicyclic amines) is 1. The molecule has 0 saturated carbocycles. The summed E-state index contributed by atoms with van der Waals surface area (Å²) < 4.78 is 0. The molecule has 28 heavy (non-hydrogen) atoms. The molecule has 2 aliphatic rings. The molecule has 0 aliphatic carbocycles. The Kier molecular flexibility index (Phi) is 7.42. The number of hydrogen-bond donors (Lipinski definition) is 1. The first-order chi connectivity index (χ1) is 13.6. The molecule has 0 radical (unpaired) electrons. The Labute approximate surface area is 166 Å². The van der Waals surface area contributed by atoms with Crippen molar-refractivity contribution in [1.82, 2.24) is 20.0 Å². The van der Waals surface area contributed by atoms with E-state index < -0.39 is 11.8 Å². The van der Waals surface area contributed by atoms with Crippen LogP contribution in [0.3, 0.4) is 0 Å². The van der Waals surface area contributed by atoms with Crippen LogP contribution in [0.1, 0.15) is 31.2 Å². The Balaban J connectivity index is 1.37. The topological polar surface area (TPSA) is 73.0 Å². The van der Waals surface area contributed by atoms with E-state index in [1.165, 1.54) is 24.2 Å². The lowest BCUT2D eigenvalue weighted by Gasteiger charge is -2.33. The first kappa shape index (κ1) is 20.3. The number of piperidine rings is 1. The zero-order chi connectivity index (χ0) is 19.8. The fraction of sp³-hybridized carbons (Fsp3) is 0.571. The highest BCUT2D eigenvalue weighted by atomic mass is 16.2. The van der Waals surface area contributed by atoms with E-state index in [0.717, 1.165) is 31.6 Å². The summed E-state index contributed by atoms with van der Waals surface area (Å²) in [4.78, 5) is 42.2. The fourth-order valence-corrected chi connectivity index (χ4v) is 3.76. The number of nitrogens with one attached hydrogen (secondary N) is 1. The molecule has 0 aromatic heterocycles.